The highest BCUT2D eigenvalue weighted by atomic mass is 19.4. The van der Waals surface area contributed by atoms with Gasteiger partial charge in [-0.1, -0.05) is 38.1 Å². The fourth-order valence-corrected chi connectivity index (χ4v) is 1.74. The largest absolute Gasteiger partial charge is 0.414 e. The van der Waals surface area contributed by atoms with Crippen LogP contribution in [0.2, 0.25) is 0 Å². The highest BCUT2D eigenvalue weighted by Crippen LogP contribution is 2.23. The lowest BCUT2D eigenvalue weighted by atomic mass is 10.00. The third kappa shape index (κ3) is 5.51. The highest BCUT2D eigenvalue weighted by molar-refractivity contribution is 5.24. The molecule has 2 atom stereocenters. The molecule has 1 aromatic rings. The van der Waals surface area contributed by atoms with Crippen molar-refractivity contribution in [1.29, 1.82) is 0 Å². The minimum atomic E-state index is -4.31. The van der Waals surface area contributed by atoms with E-state index in [1.165, 1.54) is 5.56 Å². The first-order chi connectivity index (χ1) is 9.34. The Labute approximate surface area is 118 Å². The van der Waals surface area contributed by atoms with Gasteiger partial charge in [0.1, 0.15) is 0 Å². The van der Waals surface area contributed by atoms with Crippen LogP contribution in [0.15, 0.2) is 24.3 Å². The summed E-state index contributed by atoms with van der Waals surface area (Å²) in [6.07, 6.45) is -6.05. The van der Waals surface area contributed by atoms with Crippen molar-refractivity contribution in [3.63, 3.8) is 0 Å². The summed E-state index contributed by atoms with van der Waals surface area (Å²) < 4.78 is 41.7. The predicted molar refractivity (Wildman–Crippen MR) is 73.7 cm³/mol. The fourth-order valence-electron chi connectivity index (χ4n) is 1.74. The Hall–Kier alpha value is -1.07. The standard InChI is InChI=1S/C15H22F3NO/c1-4-19-9-11(2)14-7-5-13(6-8-14)10-20-12(3)15(16,17)18/h5-8,11-12,19H,4,9-10H2,1-3H3. The van der Waals surface area contributed by atoms with E-state index in [1.54, 1.807) is 0 Å². The summed E-state index contributed by atoms with van der Waals surface area (Å²) in [5.41, 5.74) is 1.92. The maximum absolute atomic E-state index is 12.3. The lowest BCUT2D eigenvalue weighted by molar-refractivity contribution is -0.217. The molecular formula is C15H22F3NO. The van der Waals surface area contributed by atoms with Crippen LogP contribution in [0.3, 0.4) is 0 Å². The molecule has 2 unspecified atom stereocenters. The molecule has 0 fully saturated rings. The summed E-state index contributed by atoms with van der Waals surface area (Å²) >= 11 is 0. The lowest BCUT2D eigenvalue weighted by Crippen LogP contribution is -2.28. The summed E-state index contributed by atoms with van der Waals surface area (Å²) in [4.78, 5) is 0. The second-order valence-electron chi connectivity index (χ2n) is 4.95. The third-order valence-corrected chi connectivity index (χ3v) is 3.21. The highest BCUT2D eigenvalue weighted by Gasteiger charge is 2.36. The summed E-state index contributed by atoms with van der Waals surface area (Å²) in [6.45, 7) is 6.97. The zero-order valence-electron chi connectivity index (χ0n) is 12.1. The maximum atomic E-state index is 12.3. The van der Waals surface area contributed by atoms with Crippen LogP contribution in [-0.4, -0.2) is 25.4 Å². The van der Waals surface area contributed by atoms with Gasteiger partial charge in [-0.05, 0) is 30.5 Å². The molecule has 20 heavy (non-hydrogen) atoms. The van der Waals surface area contributed by atoms with Crippen molar-refractivity contribution in [2.24, 2.45) is 0 Å². The lowest BCUT2D eigenvalue weighted by Gasteiger charge is -2.17. The number of hydrogen-bond donors (Lipinski definition) is 1. The van der Waals surface area contributed by atoms with Crippen LogP contribution in [-0.2, 0) is 11.3 Å². The van der Waals surface area contributed by atoms with Gasteiger partial charge in [-0.25, -0.2) is 0 Å². The Morgan fingerprint density at radius 1 is 1.15 bits per heavy atom. The van der Waals surface area contributed by atoms with Crippen molar-refractivity contribution < 1.29 is 17.9 Å². The molecule has 0 saturated carbocycles. The Kier molecular flexibility index (Phi) is 6.49. The molecule has 114 valence electrons. The third-order valence-electron chi connectivity index (χ3n) is 3.21. The van der Waals surface area contributed by atoms with Crippen LogP contribution in [0.1, 0.15) is 37.8 Å². The zero-order valence-corrected chi connectivity index (χ0v) is 12.1. The molecule has 2 nitrogen and oxygen atoms in total. The number of halogens is 3. The number of alkyl halides is 3. The first kappa shape index (κ1) is 17.0. The molecule has 1 rings (SSSR count). The van der Waals surface area contributed by atoms with Gasteiger partial charge in [0.25, 0.3) is 0 Å². The molecule has 1 N–H and O–H groups in total. The first-order valence-electron chi connectivity index (χ1n) is 6.82. The van der Waals surface area contributed by atoms with Gasteiger partial charge in [-0.3, -0.25) is 0 Å². The van der Waals surface area contributed by atoms with Gasteiger partial charge in [-0.2, -0.15) is 13.2 Å². The Morgan fingerprint density at radius 2 is 1.75 bits per heavy atom. The Balaban J connectivity index is 2.50. The Morgan fingerprint density at radius 3 is 2.25 bits per heavy atom. The van der Waals surface area contributed by atoms with E-state index >= 15 is 0 Å². The molecular weight excluding hydrogens is 267 g/mol. The molecule has 0 aliphatic carbocycles. The van der Waals surface area contributed by atoms with Crippen molar-refractivity contribution in [3.05, 3.63) is 35.4 Å². The van der Waals surface area contributed by atoms with E-state index in [-0.39, 0.29) is 6.61 Å². The van der Waals surface area contributed by atoms with E-state index in [1.807, 2.05) is 24.3 Å². The second kappa shape index (κ2) is 7.64. The minimum Gasteiger partial charge on any atom is -0.364 e. The topological polar surface area (TPSA) is 21.3 Å². The van der Waals surface area contributed by atoms with Gasteiger partial charge >= 0.3 is 6.18 Å². The van der Waals surface area contributed by atoms with Crippen LogP contribution < -0.4 is 5.32 Å². The first-order valence-corrected chi connectivity index (χ1v) is 6.82. The molecule has 0 aliphatic heterocycles. The maximum Gasteiger partial charge on any atom is 0.414 e. The monoisotopic (exact) mass is 289 g/mol. The molecule has 0 saturated heterocycles. The van der Waals surface area contributed by atoms with Crippen molar-refractivity contribution in [2.75, 3.05) is 13.1 Å². The number of likely N-dealkylation sites (N-methyl/N-ethyl adjacent to an activating group) is 1. The van der Waals surface area contributed by atoms with E-state index in [0.29, 0.717) is 5.92 Å². The molecule has 0 aliphatic rings. The molecule has 0 spiro atoms. The van der Waals surface area contributed by atoms with Gasteiger partial charge in [-0.15, -0.1) is 0 Å². The average Bonchev–Trinajstić information content (AvgIpc) is 2.41. The van der Waals surface area contributed by atoms with Crippen LogP contribution in [0, 0.1) is 0 Å². The van der Waals surface area contributed by atoms with Crippen LogP contribution in [0.5, 0.6) is 0 Å². The van der Waals surface area contributed by atoms with Crippen LogP contribution in [0.4, 0.5) is 13.2 Å². The normalized spacial score (nSPS) is 15.1. The van der Waals surface area contributed by atoms with E-state index < -0.39 is 12.3 Å². The second-order valence-corrected chi connectivity index (χ2v) is 4.95. The van der Waals surface area contributed by atoms with E-state index in [2.05, 4.69) is 19.2 Å². The van der Waals surface area contributed by atoms with Crippen molar-refractivity contribution in [1.82, 2.24) is 5.32 Å². The van der Waals surface area contributed by atoms with Crippen LogP contribution >= 0.6 is 0 Å². The molecule has 0 radical (unpaired) electrons. The summed E-state index contributed by atoms with van der Waals surface area (Å²) in [7, 11) is 0. The van der Waals surface area contributed by atoms with Gasteiger partial charge in [0.2, 0.25) is 0 Å². The number of nitrogens with one attached hydrogen (secondary N) is 1. The number of rotatable bonds is 7. The molecule has 0 heterocycles. The van der Waals surface area contributed by atoms with E-state index in [0.717, 1.165) is 25.6 Å². The molecule has 0 aromatic heterocycles. The zero-order chi connectivity index (χ0) is 15.2. The van der Waals surface area contributed by atoms with Gasteiger partial charge in [0.15, 0.2) is 6.10 Å². The van der Waals surface area contributed by atoms with Gasteiger partial charge in [0, 0.05) is 6.54 Å². The molecule has 5 heteroatoms. The molecule has 0 bridgehead atoms. The van der Waals surface area contributed by atoms with Crippen molar-refractivity contribution in [3.8, 4) is 0 Å². The number of ether oxygens (including phenoxy) is 1. The van der Waals surface area contributed by atoms with E-state index in [4.69, 9.17) is 4.74 Å². The smallest absolute Gasteiger partial charge is 0.364 e. The van der Waals surface area contributed by atoms with E-state index in [9.17, 15) is 13.2 Å². The summed E-state index contributed by atoms with van der Waals surface area (Å²) in [6, 6.07) is 7.53. The molecule has 1 aromatic carbocycles. The number of hydrogen-bond acceptors (Lipinski definition) is 2. The Bertz CT molecular complexity index is 389. The quantitative estimate of drug-likeness (QED) is 0.823. The van der Waals surface area contributed by atoms with Crippen LogP contribution in [0.25, 0.3) is 0 Å². The average molecular weight is 289 g/mol. The van der Waals surface area contributed by atoms with Gasteiger partial charge < -0.3 is 10.1 Å². The van der Waals surface area contributed by atoms with Crippen molar-refractivity contribution >= 4 is 0 Å². The predicted octanol–water partition coefficient (Wildman–Crippen LogP) is 3.87. The molecule has 0 amide bonds. The summed E-state index contributed by atoms with van der Waals surface area (Å²) in [5.74, 6) is 0.374. The van der Waals surface area contributed by atoms with Crippen molar-refractivity contribution in [2.45, 2.75) is 45.6 Å². The van der Waals surface area contributed by atoms with Gasteiger partial charge in [0.05, 0.1) is 6.61 Å². The summed E-state index contributed by atoms with van der Waals surface area (Å²) in [5, 5.41) is 3.27. The number of benzene rings is 1. The SMILES string of the molecule is CCNCC(C)c1ccc(COC(C)C(F)(F)F)cc1. The fraction of sp³-hybridized carbons (Fsp3) is 0.600. The minimum absolute atomic E-state index is 0.0253.